The Balaban J connectivity index is 2.05. The van der Waals surface area contributed by atoms with Gasteiger partial charge in [0.1, 0.15) is 11.6 Å². The Kier molecular flexibility index (Phi) is 5.04. The number of nitrogens with two attached hydrogens (primary N) is 1. The summed E-state index contributed by atoms with van der Waals surface area (Å²) in [6, 6.07) is 14.2. The lowest BCUT2D eigenvalue weighted by molar-refractivity contribution is 0.414. The minimum Gasteiger partial charge on any atom is -0.497 e. The fourth-order valence-electron chi connectivity index (χ4n) is 1.93. The van der Waals surface area contributed by atoms with E-state index in [1.165, 1.54) is 12.1 Å². The van der Waals surface area contributed by atoms with Crippen LogP contribution in [0.25, 0.3) is 0 Å². The van der Waals surface area contributed by atoms with Crippen LogP contribution >= 0.6 is 11.8 Å². The second kappa shape index (κ2) is 6.77. The van der Waals surface area contributed by atoms with Gasteiger partial charge in [0.25, 0.3) is 0 Å². The maximum Gasteiger partial charge on any atom is 0.124 e. The molecule has 0 bridgehead atoms. The van der Waals surface area contributed by atoms with Crippen LogP contribution in [0.2, 0.25) is 0 Å². The van der Waals surface area contributed by atoms with Crippen LogP contribution in [0.3, 0.4) is 0 Å². The molecule has 2 atom stereocenters. The van der Waals surface area contributed by atoms with E-state index in [-0.39, 0.29) is 17.1 Å². The quantitative estimate of drug-likeness (QED) is 0.845. The number of halogens is 1. The standard InChI is InChI=1S/C16H18FNOS/c1-11(20-15-5-3-4-13(17)10-15)16(18)12-6-8-14(19-2)9-7-12/h3-11,16H,18H2,1-2H3. The van der Waals surface area contributed by atoms with E-state index in [1.807, 2.05) is 37.3 Å². The van der Waals surface area contributed by atoms with E-state index in [2.05, 4.69) is 0 Å². The second-order valence-electron chi connectivity index (χ2n) is 4.58. The van der Waals surface area contributed by atoms with E-state index in [0.29, 0.717) is 0 Å². The Morgan fingerprint density at radius 2 is 1.85 bits per heavy atom. The summed E-state index contributed by atoms with van der Waals surface area (Å²) in [5.41, 5.74) is 7.30. The van der Waals surface area contributed by atoms with E-state index in [0.717, 1.165) is 16.2 Å². The van der Waals surface area contributed by atoms with Crippen molar-refractivity contribution in [2.75, 3.05) is 7.11 Å². The molecular formula is C16H18FNOS. The van der Waals surface area contributed by atoms with Crippen LogP contribution < -0.4 is 10.5 Å². The van der Waals surface area contributed by atoms with Gasteiger partial charge in [0.15, 0.2) is 0 Å². The Morgan fingerprint density at radius 1 is 1.15 bits per heavy atom. The average Bonchev–Trinajstić information content (AvgIpc) is 2.46. The molecule has 106 valence electrons. The molecule has 2 aromatic rings. The molecule has 0 amide bonds. The summed E-state index contributed by atoms with van der Waals surface area (Å²) in [5, 5.41) is 0.144. The molecular weight excluding hydrogens is 273 g/mol. The molecule has 0 radical (unpaired) electrons. The normalized spacial score (nSPS) is 13.8. The highest BCUT2D eigenvalue weighted by molar-refractivity contribution is 8.00. The molecule has 20 heavy (non-hydrogen) atoms. The number of hydrogen-bond donors (Lipinski definition) is 1. The van der Waals surface area contributed by atoms with E-state index >= 15 is 0 Å². The molecule has 0 aliphatic rings. The highest BCUT2D eigenvalue weighted by Gasteiger charge is 2.16. The van der Waals surface area contributed by atoms with Gasteiger partial charge in [-0.3, -0.25) is 0 Å². The lowest BCUT2D eigenvalue weighted by atomic mass is 10.1. The van der Waals surface area contributed by atoms with Crippen LogP contribution in [0.4, 0.5) is 4.39 Å². The molecule has 2 nitrogen and oxygen atoms in total. The van der Waals surface area contributed by atoms with Crippen LogP contribution in [0.15, 0.2) is 53.4 Å². The molecule has 0 aliphatic heterocycles. The van der Waals surface area contributed by atoms with Crippen molar-refractivity contribution in [3.8, 4) is 5.75 Å². The molecule has 0 heterocycles. The van der Waals surface area contributed by atoms with Gasteiger partial charge in [0.2, 0.25) is 0 Å². The molecule has 0 saturated carbocycles. The summed E-state index contributed by atoms with van der Waals surface area (Å²) in [7, 11) is 1.64. The van der Waals surface area contributed by atoms with Gasteiger partial charge in [0, 0.05) is 16.2 Å². The first-order valence-electron chi connectivity index (χ1n) is 6.42. The van der Waals surface area contributed by atoms with Gasteiger partial charge in [-0.25, -0.2) is 4.39 Å². The second-order valence-corrected chi connectivity index (χ2v) is 6.03. The predicted molar refractivity (Wildman–Crippen MR) is 81.6 cm³/mol. The number of methoxy groups -OCH3 is 1. The van der Waals surface area contributed by atoms with Crippen LogP contribution in [-0.2, 0) is 0 Å². The summed E-state index contributed by atoms with van der Waals surface area (Å²) in [6.07, 6.45) is 0. The molecule has 2 unspecified atom stereocenters. The van der Waals surface area contributed by atoms with Gasteiger partial charge >= 0.3 is 0 Å². The van der Waals surface area contributed by atoms with Gasteiger partial charge in [-0.2, -0.15) is 0 Å². The Hall–Kier alpha value is -1.52. The number of benzene rings is 2. The molecule has 0 saturated heterocycles. The summed E-state index contributed by atoms with van der Waals surface area (Å²) < 4.78 is 18.3. The average molecular weight is 291 g/mol. The van der Waals surface area contributed by atoms with Crippen LogP contribution in [-0.4, -0.2) is 12.4 Å². The number of hydrogen-bond acceptors (Lipinski definition) is 3. The monoisotopic (exact) mass is 291 g/mol. The van der Waals surface area contributed by atoms with Crippen molar-refractivity contribution in [3.63, 3.8) is 0 Å². The van der Waals surface area contributed by atoms with Crippen molar-refractivity contribution in [1.82, 2.24) is 0 Å². The van der Waals surface area contributed by atoms with Crippen molar-refractivity contribution < 1.29 is 9.13 Å². The van der Waals surface area contributed by atoms with Gasteiger partial charge in [0.05, 0.1) is 7.11 Å². The van der Waals surface area contributed by atoms with Gasteiger partial charge in [-0.1, -0.05) is 25.1 Å². The van der Waals surface area contributed by atoms with E-state index in [1.54, 1.807) is 24.9 Å². The zero-order chi connectivity index (χ0) is 14.5. The lowest BCUT2D eigenvalue weighted by Gasteiger charge is -2.20. The number of ether oxygens (including phenoxy) is 1. The zero-order valence-corrected chi connectivity index (χ0v) is 12.4. The minimum atomic E-state index is -0.222. The van der Waals surface area contributed by atoms with Crippen molar-refractivity contribution in [1.29, 1.82) is 0 Å². The van der Waals surface area contributed by atoms with Crippen LogP contribution in [0.5, 0.6) is 5.75 Å². The van der Waals surface area contributed by atoms with E-state index in [4.69, 9.17) is 10.5 Å². The summed E-state index contributed by atoms with van der Waals surface area (Å²) >= 11 is 1.57. The van der Waals surface area contributed by atoms with E-state index < -0.39 is 0 Å². The largest absolute Gasteiger partial charge is 0.497 e. The third-order valence-corrected chi connectivity index (χ3v) is 4.32. The highest BCUT2D eigenvalue weighted by Crippen LogP contribution is 2.31. The van der Waals surface area contributed by atoms with Crippen molar-refractivity contribution >= 4 is 11.8 Å². The smallest absolute Gasteiger partial charge is 0.124 e. The minimum absolute atomic E-state index is 0.117. The first kappa shape index (κ1) is 14.9. The Morgan fingerprint density at radius 3 is 2.45 bits per heavy atom. The van der Waals surface area contributed by atoms with Gasteiger partial charge < -0.3 is 10.5 Å². The summed E-state index contributed by atoms with van der Waals surface area (Å²) in [6.45, 7) is 2.05. The van der Waals surface area contributed by atoms with Crippen LogP contribution in [0, 0.1) is 5.82 Å². The maximum absolute atomic E-state index is 13.2. The molecule has 2 rings (SSSR count). The first-order valence-corrected chi connectivity index (χ1v) is 7.30. The molecule has 0 aromatic heterocycles. The molecule has 0 aliphatic carbocycles. The molecule has 0 fully saturated rings. The van der Waals surface area contributed by atoms with Crippen LogP contribution in [0.1, 0.15) is 18.5 Å². The van der Waals surface area contributed by atoms with E-state index in [9.17, 15) is 4.39 Å². The molecule has 0 spiro atoms. The maximum atomic E-state index is 13.2. The SMILES string of the molecule is COc1ccc(C(N)C(C)Sc2cccc(F)c2)cc1. The third-order valence-electron chi connectivity index (χ3n) is 3.12. The lowest BCUT2D eigenvalue weighted by Crippen LogP contribution is -2.20. The topological polar surface area (TPSA) is 35.2 Å². The predicted octanol–water partition coefficient (Wildman–Crippen LogP) is 4.01. The zero-order valence-electron chi connectivity index (χ0n) is 11.5. The van der Waals surface area contributed by atoms with Gasteiger partial charge in [-0.05, 0) is 35.9 Å². The molecule has 2 N–H and O–H groups in total. The van der Waals surface area contributed by atoms with Crippen molar-refractivity contribution in [2.24, 2.45) is 5.73 Å². The van der Waals surface area contributed by atoms with Crippen molar-refractivity contribution in [2.45, 2.75) is 23.1 Å². The number of thioether (sulfide) groups is 1. The highest BCUT2D eigenvalue weighted by atomic mass is 32.2. The fourth-order valence-corrected chi connectivity index (χ4v) is 3.00. The first-order chi connectivity index (χ1) is 9.60. The fraction of sp³-hybridized carbons (Fsp3) is 0.250. The summed E-state index contributed by atoms with van der Waals surface area (Å²) in [5.74, 6) is 0.589. The third kappa shape index (κ3) is 3.74. The Bertz CT molecular complexity index is 559. The van der Waals surface area contributed by atoms with Crippen molar-refractivity contribution in [3.05, 3.63) is 59.9 Å². The molecule has 4 heteroatoms. The summed E-state index contributed by atoms with van der Waals surface area (Å²) in [4.78, 5) is 0.890. The van der Waals surface area contributed by atoms with Gasteiger partial charge in [-0.15, -0.1) is 11.8 Å². The Labute approximate surface area is 123 Å². The molecule has 2 aromatic carbocycles. The number of rotatable bonds is 5.